The van der Waals surface area contributed by atoms with Gasteiger partial charge in [0.1, 0.15) is 6.07 Å². The number of halogens is 1. The maximum absolute atomic E-state index is 11.9. The van der Waals surface area contributed by atoms with Crippen LogP contribution in [0, 0.1) is 18.3 Å². The number of aliphatic hydroxyl groups excluding tert-OH is 1. The van der Waals surface area contributed by atoms with Crippen LogP contribution >= 0.6 is 11.6 Å². The van der Waals surface area contributed by atoms with Gasteiger partial charge in [-0.15, -0.1) is 0 Å². The molecule has 1 aliphatic rings. The van der Waals surface area contributed by atoms with Gasteiger partial charge in [0.05, 0.1) is 29.2 Å². The Balaban J connectivity index is 2.50. The first-order valence-corrected chi connectivity index (χ1v) is 6.04. The van der Waals surface area contributed by atoms with Crippen molar-refractivity contribution in [1.29, 1.82) is 5.26 Å². The second kappa shape index (κ2) is 4.60. The molecule has 0 aromatic heterocycles. The summed E-state index contributed by atoms with van der Waals surface area (Å²) < 4.78 is 0. The van der Waals surface area contributed by atoms with Crippen LogP contribution in [0.4, 0.5) is 5.69 Å². The third-order valence-corrected chi connectivity index (χ3v) is 3.84. The van der Waals surface area contributed by atoms with Gasteiger partial charge >= 0.3 is 0 Å². The molecule has 5 heteroatoms. The molecule has 0 saturated carbocycles. The lowest BCUT2D eigenvalue weighted by Crippen LogP contribution is -2.35. The molecule has 2 rings (SSSR count). The van der Waals surface area contributed by atoms with E-state index in [-0.39, 0.29) is 18.4 Å². The minimum atomic E-state index is -0.661. The molecule has 1 heterocycles. The summed E-state index contributed by atoms with van der Waals surface area (Å²) in [6.07, 6.45) is -0.538. The van der Waals surface area contributed by atoms with E-state index in [1.54, 1.807) is 30.9 Å². The van der Waals surface area contributed by atoms with E-state index >= 15 is 0 Å². The Bertz CT molecular complexity index is 551. The van der Waals surface area contributed by atoms with Gasteiger partial charge in [0.2, 0.25) is 5.91 Å². The Kier molecular flexibility index (Phi) is 3.29. The highest BCUT2D eigenvalue weighted by atomic mass is 35.5. The highest BCUT2D eigenvalue weighted by Gasteiger charge is 2.37. The minimum Gasteiger partial charge on any atom is -0.390 e. The first-order valence-electron chi connectivity index (χ1n) is 5.66. The maximum atomic E-state index is 11.9. The normalized spacial score (nSPS) is 23.3. The van der Waals surface area contributed by atoms with Gasteiger partial charge in [-0.25, -0.2) is 0 Å². The van der Waals surface area contributed by atoms with Gasteiger partial charge in [0.15, 0.2) is 0 Å². The second-order valence-electron chi connectivity index (χ2n) is 4.46. The topological polar surface area (TPSA) is 64.3 Å². The summed E-state index contributed by atoms with van der Waals surface area (Å²) in [6.45, 7) is 3.56. The molecule has 1 saturated heterocycles. The molecule has 2 atom stereocenters. The van der Waals surface area contributed by atoms with Crippen molar-refractivity contribution in [2.45, 2.75) is 32.4 Å². The van der Waals surface area contributed by atoms with E-state index in [9.17, 15) is 9.90 Å². The van der Waals surface area contributed by atoms with Gasteiger partial charge in [-0.3, -0.25) is 4.79 Å². The van der Waals surface area contributed by atoms with Crippen LogP contribution in [0.1, 0.15) is 24.5 Å². The number of nitriles is 1. The molecule has 0 aliphatic carbocycles. The molecule has 1 aliphatic heterocycles. The Hall–Kier alpha value is -1.57. The van der Waals surface area contributed by atoms with Crippen molar-refractivity contribution < 1.29 is 9.90 Å². The predicted octanol–water partition coefficient (Wildman–Crippen LogP) is 2.01. The molecule has 2 unspecified atom stereocenters. The fourth-order valence-corrected chi connectivity index (χ4v) is 2.43. The fraction of sp³-hybridized carbons (Fsp3) is 0.385. The monoisotopic (exact) mass is 264 g/mol. The summed E-state index contributed by atoms with van der Waals surface area (Å²) in [7, 11) is 0. The molecule has 1 aromatic rings. The molecule has 0 radical (unpaired) electrons. The molecule has 1 amide bonds. The second-order valence-corrected chi connectivity index (χ2v) is 4.84. The lowest BCUT2D eigenvalue weighted by atomic mass is 10.1. The zero-order valence-electron chi connectivity index (χ0n) is 10.1. The average Bonchev–Trinajstić information content (AvgIpc) is 2.58. The van der Waals surface area contributed by atoms with Crippen molar-refractivity contribution in [3.63, 3.8) is 0 Å². The maximum Gasteiger partial charge on any atom is 0.230 e. The van der Waals surface area contributed by atoms with Crippen LogP contribution < -0.4 is 4.90 Å². The van der Waals surface area contributed by atoms with Crippen molar-refractivity contribution in [3.05, 3.63) is 28.3 Å². The van der Waals surface area contributed by atoms with E-state index in [4.69, 9.17) is 16.9 Å². The van der Waals surface area contributed by atoms with Crippen LogP contribution in [0.5, 0.6) is 0 Å². The number of aliphatic hydroxyl groups is 1. The summed E-state index contributed by atoms with van der Waals surface area (Å²) in [5.41, 5.74) is 1.73. The van der Waals surface area contributed by atoms with Gasteiger partial charge in [-0.05, 0) is 31.5 Å². The van der Waals surface area contributed by atoms with E-state index < -0.39 is 6.10 Å². The third-order valence-electron chi connectivity index (χ3n) is 3.35. The van der Waals surface area contributed by atoms with Gasteiger partial charge in [-0.1, -0.05) is 11.6 Å². The van der Waals surface area contributed by atoms with E-state index in [0.29, 0.717) is 21.8 Å². The third kappa shape index (κ3) is 1.86. The number of benzene rings is 1. The minimum absolute atomic E-state index is 0.123. The van der Waals surface area contributed by atoms with E-state index in [1.165, 1.54) is 0 Å². The largest absolute Gasteiger partial charge is 0.390 e. The zero-order valence-corrected chi connectivity index (χ0v) is 10.9. The molecule has 1 fully saturated rings. The van der Waals surface area contributed by atoms with E-state index in [0.717, 1.165) is 0 Å². The molecule has 0 bridgehead atoms. The van der Waals surface area contributed by atoms with Crippen LogP contribution in [-0.4, -0.2) is 23.2 Å². The predicted molar refractivity (Wildman–Crippen MR) is 68.5 cm³/mol. The molecular weight excluding hydrogens is 252 g/mol. The first-order chi connectivity index (χ1) is 8.47. The number of hydrogen-bond donors (Lipinski definition) is 1. The summed E-state index contributed by atoms with van der Waals surface area (Å²) in [6, 6.07) is 5.02. The van der Waals surface area contributed by atoms with Crippen LogP contribution in [0.25, 0.3) is 0 Å². The Labute approximate surface area is 110 Å². The van der Waals surface area contributed by atoms with Crippen LogP contribution in [0.3, 0.4) is 0 Å². The summed E-state index contributed by atoms with van der Waals surface area (Å²) in [5, 5.41) is 19.0. The number of nitrogens with zero attached hydrogens (tertiary/aromatic N) is 2. The Morgan fingerprint density at radius 3 is 2.72 bits per heavy atom. The molecule has 0 spiro atoms. The number of carbonyl (C=O) groups is 1. The van der Waals surface area contributed by atoms with Gasteiger partial charge < -0.3 is 10.0 Å². The summed E-state index contributed by atoms with van der Waals surface area (Å²) >= 11 is 6.09. The van der Waals surface area contributed by atoms with Gasteiger partial charge in [0.25, 0.3) is 0 Å². The highest BCUT2D eigenvalue weighted by Crippen LogP contribution is 2.34. The molecule has 18 heavy (non-hydrogen) atoms. The van der Waals surface area contributed by atoms with Crippen molar-refractivity contribution in [3.8, 4) is 6.07 Å². The Morgan fingerprint density at radius 1 is 1.56 bits per heavy atom. The lowest BCUT2D eigenvalue weighted by Gasteiger charge is -2.25. The number of hydrogen-bond acceptors (Lipinski definition) is 3. The quantitative estimate of drug-likeness (QED) is 0.844. The molecular formula is C13H13ClN2O2. The van der Waals surface area contributed by atoms with Crippen molar-refractivity contribution in [2.24, 2.45) is 0 Å². The van der Waals surface area contributed by atoms with Crippen LogP contribution in [0.15, 0.2) is 12.1 Å². The number of rotatable bonds is 1. The van der Waals surface area contributed by atoms with Crippen molar-refractivity contribution in [2.75, 3.05) is 4.90 Å². The number of carbonyl (C=O) groups excluding carboxylic acids is 1. The molecule has 1 N–H and O–H groups in total. The zero-order chi connectivity index (χ0) is 13.4. The fourth-order valence-electron chi connectivity index (χ4n) is 2.22. The highest BCUT2D eigenvalue weighted by molar-refractivity contribution is 6.33. The average molecular weight is 265 g/mol. The Morgan fingerprint density at radius 2 is 2.22 bits per heavy atom. The van der Waals surface area contributed by atoms with Crippen molar-refractivity contribution >= 4 is 23.2 Å². The standard InChI is InChI=1S/C13H13ClN2O2/c1-7-10(4-3-9(6-15)13(7)14)16-8(2)11(17)5-12(16)18/h3-4,8,11,17H,5H2,1-2H3. The summed E-state index contributed by atoms with van der Waals surface area (Å²) in [5.74, 6) is -0.126. The first kappa shape index (κ1) is 12.9. The van der Waals surface area contributed by atoms with Crippen LogP contribution in [0.2, 0.25) is 5.02 Å². The van der Waals surface area contributed by atoms with Gasteiger partial charge in [0, 0.05) is 5.69 Å². The van der Waals surface area contributed by atoms with Crippen molar-refractivity contribution in [1.82, 2.24) is 0 Å². The molecule has 94 valence electrons. The molecule has 4 nitrogen and oxygen atoms in total. The smallest absolute Gasteiger partial charge is 0.230 e. The molecule has 1 aromatic carbocycles. The van der Waals surface area contributed by atoms with Crippen LogP contribution in [-0.2, 0) is 4.79 Å². The summed E-state index contributed by atoms with van der Waals surface area (Å²) in [4.78, 5) is 13.4. The van der Waals surface area contributed by atoms with E-state index in [1.807, 2.05) is 6.07 Å². The number of anilines is 1. The lowest BCUT2D eigenvalue weighted by molar-refractivity contribution is -0.117. The number of amides is 1. The van der Waals surface area contributed by atoms with E-state index in [2.05, 4.69) is 0 Å². The SMILES string of the molecule is Cc1c(N2C(=O)CC(O)C2C)ccc(C#N)c1Cl. The van der Waals surface area contributed by atoms with Gasteiger partial charge in [-0.2, -0.15) is 5.26 Å².